The molecule has 0 saturated heterocycles. The molecule has 0 aliphatic carbocycles. The molecule has 0 bridgehead atoms. The van der Waals surface area contributed by atoms with Crippen LogP contribution in [0.4, 0.5) is 0 Å². The summed E-state index contributed by atoms with van der Waals surface area (Å²) in [7, 11) is 0. The van der Waals surface area contributed by atoms with Crippen LogP contribution in [0.15, 0.2) is 27.5 Å². The van der Waals surface area contributed by atoms with E-state index in [4.69, 9.17) is 0 Å². The number of nitrogens with zero attached hydrogens (tertiary/aromatic N) is 2. The maximum atomic E-state index is 12.5. The van der Waals surface area contributed by atoms with E-state index in [0.29, 0.717) is 11.9 Å². The molecule has 0 unspecified atom stereocenters. The second-order valence-corrected chi connectivity index (χ2v) is 5.27. The summed E-state index contributed by atoms with van der Waals surface area (Å²) in [5, 5.41) is 3.91. The summed E-state index contributed by atoms with van der Waals surface area (Å²) >= 11 is 3.40. The number of fused-ring (bicyclic) bond motifs is 1. The smallest absolute Gasteiger partial charge is 0.261 e. The van der Waals surface area contributed by atoms with Gasteiger partial charge in [-0.2, -0.15) is 0 Å². The maximum Gasteiger partial charge on any atom is 0.261 e. The zero-order chi connectivity index (χ0) is 13.8. The van der Waals surface area contributed by atoms with Crippen LogP contribution in [0.1, 0.15) is 19.7 Å². The average molecular weight is 324 g/mol. The lowest BCUT2D eigenvalue weighted by atomic mass is 10.2. The van der Waals surface area contributed by atoms with Gasteiger partial charge >= 0.3 is 0 Å². The van der Waals surface area contributed by atoms with Gasteiger partial charge in [-0.25, -0.2) is 4.98 Å². The van der Waals surface area contributed by atoms with Crippen LogP contribution in [0, 0.1) is 0 Å². The van der Waals surface area contributed by atoms with E-state index in [0.717, 1.165) is 35.3 Å². The Morgan fingerprint density at radius 2 is 2.16 bits per heavy atom. The predicted octanol–water partition coefficient (Wildman–Crippen LogP) is 2.33. The van der Waals surface area contributed by atoms with Crippen molar-refractivity contribution in [2.75, 3.05) is 13.1 Å². The molecule has 1 aromatic carbocycles. The van der Waals surface area contributed by atoms with Crippen molar-refractivity contribution in [1.29, 1.82) is 0 Å². The molecule has 0 saturated carbocycles. The molecule has 2 aromatic rings. The SMILES string of the molecule is CCNCCn1c(CC)nc2ccc(Br)cc2c1=O. The van der Waals surface area contributed by atoms with Crippen molar-refractivity contribution in [2.45, 2.75) is 26.8 Å². The molecule has 2 rings (SSSR count). The summed E-state index contributed by atoms with van der Waals surface area (Å²) in [4.78, 5) is 17.1. The van der Waals surface area contributed by atoms with Gasteiger partial charge in [0.25, 0.3) is 5.56 Å². The molecule has 19 heavy (non-hydrogen) atoms. The molecule has 0 fully saturated rings. The Bertz CT molecular complexity index is 636. The van der Waals surface area contributed by atoms with Gasteiger partial charge in [-0.05, 0) is 24.7 Å². The average Bonchev–Trinajstić information content (AvgIpc) is 2.42. The molecule has 0 aliphatic heterocycles. The van der Waals surface area contributed by atoms with Crippen molar-refractivity contribution in [3.05, 3.63) is 38.9 Å². The number of hydrogen-bond donors (Lipinski definition) is 1. The second kappa shape index (κ2) is 6.30. The highest BCUT2D eigenvalue weighted by atomic mass is 79.9. The third kappa shape index (κ3) is 3.04. The van der Waals surface area contributed by atoms with Gasteiger partial charge in [-0.15, -0.1) is 0 Å². The molecule has 0 atom stereocenters. The number of hydrogen-bond acceptors (Lipinski definition) is 3. The molecule has 1 N–H and O–H groups in total. The minimum atomic E-state index is 0.0426. The predicted molar refractivity (Wildman–Crippen MR) is 81.6 cm³/mol. The van der Waals surface area contributed by atoms with Gasteiger partial charge in [0.2, 0.25) is 0 Å². The Labute approximate surface area is 121 Å². The lowest BCUT2D eigenvalue weighted by Gasteiger charge is -2.12. The van der Waals surface area contributed by atoms with Crippen LogP contribution in [0.5, 0.6) is 0 Å². The molecular formula is C14H18BrN3O. The summed E-state index contributed by atoms with van der Waals surface area (Å²) in [6, 6.07) is 5.64. The fourth-order valence-corrected chi connectivity index (χ4v) is 2.47. The van der Waals surface area contributed by atoms with Gasteiger partial charge < -0.3 is 5.32 Å². The van der Waals surface area contributed by atoms with Crippen LogP contribution < -0.4 is 10.9 Å². The largest absolute Gasteiger partial charge is 0.315 e. The number of aryl methyl sites for hydroxylation is 1. The van der Waals surface area contributed by atoms with Gasteiger partial charge in [0.15, 0.2) is 0 Å². The summed E-state index contributed by atoms with van der Waals surface area (Å²) in [5.74, 6) is 0.845. The van der Waals surface area contributed by atoms with E-state index in [1.165, 1.54) is 0 Å². The van der Waals surface area contributed by atoms with Crippen molar-refractivity contribution in [3.63, 3.8) is 0 Å². The Kier molecular flexibility index (Phi) is 4.71. The first-order chi connectivity index (χ1) is 9.17. The molecular weight excluding hydrogens is 306 g/mol. The monoisotopic (exact) mass is 323 g/mol. The van der Waals surface area contributed by atoms with Crippen LogP contribution in [0.3, 0.4) is 0 Å². The highest BCUT2D eigenvalue weighted by Crippen LogP contribution is 2.16. The van der Waals surface area contributed by atoms with Crippen molar-refractivity contribution in [3.8, 4) is 0 Å². The van der Waals surface area contributed by atoms with Crippen LogP contribution in [-0.4, -0.2) is 22.6 Å². The summed E-state index contributed by atoms with van der Waals surface area (Å²) in [5.41, 5.74) is 0.811. The quantitative estimate of drug-likeness (QED) is 0.859. The zero-order valence-corrected chi connectivity index (χ0v) is 12.8. The van der Waals surface area contributed by atoms with Gasteiger partial charge in [0.1, 0.15) is 5.82 Å². The van der Waals surface area contributed by atoms with Crippen LogP contribution in [0.2, 0.25) is 0 Å². The lowest BCUT2D eigenvalue weighted by Crippen LogP contribution is -2.30. The third-order valence-corrected chi connectivity index (χ3v) is 3.57. The molecule has 102 valence electrons. The van der Waals surface area contributed by atoms with Gasteiger partial charge in [0, 0.05) is 24.0 Å². The lowest BCUT2D eigenvalue weighted by molar-refractivity contribution is 0.572. The second-order valence-electron chi connectivity index (χ2n) is 4.35. The van der Waals surface area contributed by atoms with Crippen LogP contribution in [0.25, 0.3) is 10.9 Å². The number of benzene rings is 1. The highest BCUT2D eigenvalue weighted by Gasteiger charge is 2.09. The van der Waals surface area contributed by atoms with Crippen molar-refractivity contribution >= 4 is 26.8 Å². The van der Waals surface area contributed by atoms with E-state index in [1.807, 2.05) is 25.1 Å². The normalized spacial score (nSPS) is 11.1. The molecule has 5 heteroatoms. The first-order valence-electron chi connectivity index (χ1n) is 6.57. The Morgan fingerprint density at radius 1 is 1.37 bits per heavy atom. The fourth-order valence-electron chi connectivity index (χ4n) is 2.11. The van der Waals surface area contributed by atoms with E-state index in [-0.39, 0.29) is 5.56 Å². The van der Waals surface area contributed by atoms with Crippen molar-refractivity contribution in [2.24, 2.45) is 0 Å². The fraction of sp³-hybridized carbons (Fsp3) is 0.429. The summed E-state index contributed by atoms with van der Waals surface area (Å²) in [6.07, 6.45) is 0.757. The number of likely N-dealkylation sites (N-methyl/N-ethyl adjacent to an activating group) is 1. The van der Waals surface area contributed by atoms with E-state index < -0.39 is 0 Å². The first kappa shape index (κ1) is 14.2. The first-order valence-corrected chi connectivity index (χ1v) is 7.36. The van der Waals surface area contributed by atoms with Crippen LogP contribution in [-0.2, 0) is 13.0 Å². The molecule has 0 aliphatic rings. The number of aromatic nitrogens is 2. The number of rotatable bonds is 5. The van der Waals surface area contributed by atoms with Crippen molar-refractivity contribution < 1.29 is 0 Å². The van der Waals surface area contributed by atoms with E-state index >= 15 is 0 Å². The Morgan fingerprint density at radius 3 is 2.84 bits per heavy atom. The van der Waals surface area contributed by atoms with Gasteiger partial charge in [-0.3, -0.25) is 9.36 Å². The number of nitrogens with one attached hydrogen (secondary N) is 1. The molecule has 1 aromatic heterocycles. The molecule has 0 radical (unpaired) electrons. The van der Waals surface area contributed by atoms with Crippen LogP contribution >= 0.6 is 15.9 Å². The van der Waals surface area contributed by atoms with Gasteiger partial charge in [-0.1, -0.05) is 29.8 Å². The number of halogens is 1. The minimum absolute atomic E-state index is 0.0426. The van der Waals surface area contributed by atoms with E-state index in [1.54, 1.807) is 4.57 Å². The van der Waals surface area contributed by atoms with E-state index in [2.05, 4.69) is 33.2 Å². The highest BCUT2D eigenvalue weighted by molar-refractivity contribution is 9.10. The molecule has 0 amide bonds. The Hall–Kier alpha value is -1.20. The minimum Gasteiger partial charge on any atom is -0.315 e. The van der Waals surface area contributed by atoms with Gasteiger partial charge in [0.05, 0.1) is 10.9 Å². The maximum absolute atomic E-state index is 12.5. The van der Waals surface area contributed by atoms with E-state index in [9.17, 15) is 4.79 Å². The third-order valence-electron chi connectivity index (χ3n) is 3.07. The topological polar surface area (TPSA) is 46.9 Å². The molecule has 1 heterocycles. The Balaban J connectivity index is 2.53. The molecule has 4 nitrogen and oxygen atoms in total. The zero-order valence-electron chi connectivity index (χ0n) is 11.2. The summed E-state index contributed by atoms with van der Waals surface area (Å²) in [6.45, 7) is 6.42. The molecule has 0 spiro atoms. The van der Waals surface area contributed by atoms with Crippen molar-refractivity contribution in [1.82, 2.24) is 14.9 Å². The standard InChI is InChI=1S/C14H18BrN3O/c1-3-13-17-12-6-5-10(15)9-11(12)14(19)18(13)8-7-16-4-2/h5-6,9,16H,3-4,7-8H2,1-2H3. The summed E-state index contributed by atoms with van der Waals surface area (Å²) < 4.78 is 2.68.